The second-order valence-corrected chi connectivity index (χ2v) is 11.5. The highest BCUT2D eigenvalue weighted by Gasteiger charge is 2.20. The first kappa shape index (κ1) is 30.4. The van der Waals surface area contributed by atoms with Gasteiger partial charge in [0.2, 0.25) is 11.8 Å². The number of esters is 1. The number of fused-ring (bicyclic) bond motifs is 1. The topological polar surface area (TPSA) is 96.6 Å². The fourth-order valence-corrected chi connectivity index (χ4v) is 4.66. The first-order valence-electron chi connectivity index (χ1n) is 14.8. The third-order valence-corrected chi connectivity index (χ3v) is 6.89. The molecule has 44 heavy (non-hydrogen) atoms. The number of ether oxygens (including phenoxy) is 3. The minimum absolute atomic E-state index is 0.223. The second kappa shape index (κ2) is 13.1. The van der Waals surface area contributed by atoms with Crippen LogP contribution in [0.25, 0.3) is 16.7 Å². The molecule has 0 atom stereocenters. The van der Waals surface area contributed by atoms with Crippen molar-refractivity contribution in [2.24, 2.45) is 7.05 Å². The Morgan fingerprint density at radius 1 is 0.886 bits per heavy atom. The molecule has 0 aliphatic heterocycles. The van der Waals surface area contributed by atoms with E-state index in [0.717, 1.165) is 35.3 Å². The van der Waals surface area contributed by atoms with Gasteiger partial charge in [0.1, 0.15) is 17.9 Å². The number of nitrogens with one attached hydrogen (secondary N) is 1. The molecule has 9 nitrogen and oxygen atoms in total. The maximum Gasteiger partial charge on any atom is 0.338 e. The van der Waals surface area contributed by atoms with E-state index in [1.807, 2.05) is 87.5 Å². The molecule has 0 saturated carbocycles. The molecular weight excluding hydrogens is 556 g/mol. The van der Waals surface area contributed by atoms with Crippen molar-refractivity contribution in [1.29, 1.82) is 0 Å². The molecule has 9 heteroatoms. The van der Waals surface area contributed by atoms with E-state index < -0.39 is 5.60 Å². The summed E-state index contributed by atoms with van der Waals surface area (Å²) in [5.41, 5.74) is 4.29. The van der Waals surface area contributed by atoms with E-state index in [-0.39, 0.29) is 11.7 Å². The fraction of sp³-hybridized carbons (Fsp3) is 0.286. The zero-order valence-corrected chi connectivity index (χ0v) is 25.8. The van der Waals surface area contributed by atoms with Crippen molar-refractivity contribution in [2.75, 3.05) is 11.9 Å². The van der Waals surface area contributed by atoms with Gasteiger partial charge in [0.05, 0.1) is 23.2 Å². The Labute approximate surface area is 257 Å². The minimum atomic E-state index is -0.563. The molecular formula is C35H38N4O5. The molecule has 5 aromatic rings. The van der Waals surface area contributed by atoms with Crippen LogP contribution in [-0.4, -0.2) is 32.3 Å². The normalized spacial score (nSPS) is 11.4. The summed E-state index contributed by atoms with van der Waals surface area (Å²) in [6, 6.07) is 26.2. The molecule has 3 aromatic carbocycles. The van der Waals surface area contributed by atoms with E-state index in [9.17, 15) is 9.59 Å². The molecule has 1 N–H and O–H groups in total. The Bertz CT molecular complexity index is 1800. The molecule has 0 bridgehead atoms. The number of hydrogen-bond acceptors (Lipinski definition) is 7. The number of rotatable bonds is 11. The van der Waals surface area contributed by atoms with Gasteiger partial charge < -0.3 is 19.5 Å². The number of aromatic nitrogens is 3. The van der Waals surface area contributed by atoms with Gasteiger partial charge in [0.25, 0.3) is 0 Å². The lowest BCUT2D eigenvalue weighted by Gasteiger charge is -2.19. The van der Waals surface area contributed by atoms with Crippen LogP contribution in [0.15, 0.2) is 89.7 Å². The van der Waals surface area contributed by atoms with Crippen LogP contribution < -0.4 is 20.5 Å². The summed E-state index contributed by atoms with van der Waals surface area (Å²) in [5.74, 6) is 0.387. The van der Waals surface area contributed by atoms with Crippen molar-refractivity contribution < 1.29 is 19.0 Å². The van der Waals surface area contributed by atoms with E-state index in [2.05, 4.69) is 17.2 Å². The SMILES string of the molecule is CCCCOc1nc(OCc2ccccc2)ccc1-n1c(=O)n(C)c2cc(Nc3ccc(C(=O)OC(C)(C)C)cc3)ccc21. The molecule has 0 aliphatic rings. The van der Waals surface area contributed by atoms with E-state index in [0.29, 0.717) is 41.7 Å². The minimum Gasteiger partial charge on any atom is -0.476 e. The molecule has 0 spiro atoms. The number of unbranched alkanes of at least 4 members (excludes halogenated alkanes) is 1. The number of anilines is 2. The van der Waals surface area contributed by atoms with Crippen LogP contribution in [0.5, 0.6) is 11.8 Å². The van der Waals surface area contributed by atoms with Gasteiger partial charge in [-0.25, -0.2) is 9.59 Å². The highest BCUT2D eigenvalue weighted by Crippen LogP contribution is 2.29. The summed E-state index contributed by atoms with van der Waals surface area (Å²) in [5, 5.41) is 3.36. The van der Waals surface area contributed by atoms with Gasteiger partial charge in [-0.15, -0.1) is 0 Å². The van der Waals surface area contributed by atoms with Gasteiger partial charge in [0, 0.05) is 24.5 Å². The molecule has 2 aromatic heterocycles. The predicted molar refractivity (Wildman–Crippen MR) is 172 cm³/mol. The number of hydrogen-bond donors (Lipinski definition) is 1. The molecule has 0 saturated heterocycles. The van der Waals surface area contributed by atoms with Gasteiger partial charge >= 0.3 is 11.7 Å². The molecule has 228 valence electrons. The molecule has 2 heterocycles. The Balaban J connectivity index is 1.42. The quantitative estimate of drug-likeness (QED) is 0.128. The van der Waals surface area contributed by atoms with E-state index in [1.54, 1.807) is 34.4 Å². The number of aryl methyl sites for hydroxylation is 1. The number of nitrogens with zero attached hydrogens (tertiary/aromatic N) is 3. The largest absolute Gasteiger partial charge is 0.476 e. The molecule has 0 fully saturated rings. The first-order valence-corrected chi connectivity index (χ1v) is 14.8. The van der Waals surface area contributed by atoms with Crippen molar-refractivity contribution >= 4 is 28.4 Å². The van der Waals surface area contributed by atoms with Crippen LogP contribution >= 0.6 is 0 Å². The van der Waals surface area contributed by atoms with Crippen molar-refractivity contribution in [3.63, 3.8) is 0 Å². The summed E-state index contributed by atoms with van der Waals surface area (Å²) in [6.07, 6.45) is 1.82. The number of carbonyl (C=O) groups is 1. The zero-order chi connectivity index (χ0) is 31.3. The number of imidazole rings is 1. The van der Waals surface area contributed by atoms with Crippen LogP contribution in [-0.2, 0) is 18.4 Å². The first-order chi connectivity index (χ1) is 21.1. The third kappa shape index (κ3) is 7.11. The average molecular weight is 595 g/mol. The lowest BCUT2D eigenvalue weighted by atomic mass is 10.1. The van der Waals surface area contributed by atoms with Crippen LogP contribution in [0, 0.1) is 0 Å². The average Bonchev–Trinajstić information content (AvgIpc) is 3.25. The van der Waals surface area contributed by atoms with Crippen LogP contribution in [0.1, 0.15) is 56.5 Å². The Morgan fingerprint density at radius 2 is 1.61 bits per heavy atom. The van der Waals surface area contributed by atoms with Crippen molar-refractivity contribution in [1.82, 2.24) is 14.1 Å². The second-order valence-electron chi connectivity index (χ2n) is 11.5. The lowest BCUT2D eigenvalue weighted by molar-refractivity contribution is 0.00695. The maximum absolute atomic E-state index is 13.6. The molecule has 0 unspecified atom stereocenters. The molecule has 0 amide bonds. The van der Waals surface area contributed by atoms with Gasteiger partial charge in [-0.3, -0.25) is 9.13 Å². The monoisotopic (exact) mass is 594 g/mol. The summed E-state index contributed by atoms with van der Waals surface area (Å²) >= 11 is 0. The Kier molecular flexibility index (Phi) is 9.04. The zero-order valence-electron chi connectivity index (χ0n) is 25.8. The van der Waals surface area contributed by atoms with E-state index in [4.69, 9.17) is 14.2 Å². The summed E-state index contributed by atoms with van der Waals surface area (Å²) in [6.45, 7) is 8.45. The van der Waals surface area contributed by atoms with Crippen LogP contribution in [0.4, 0.5) is 11.4 Å². The van der Waals surface area contributed by atoms with E-state index in [1.165, 1.54) is 0 Å². The third-order valence-electron chi connectivity index (χ3n) is 6.89. The predicted octanol–water partition coefficient (Wildman–Crippen LogP) is 7.18. The van der Waals surface area contributed by atoms with E-state index >= 15 is 0 Å². The molecule has 5 rings (SSSR count). The number of pyridine rings is 1. The van der Waals surface area contributed by atoms with Crippen molar-refractivity contribution in [3.8, 4) is 17.4 Å². The van der Waals surface area contributed by atoms with Crippen LogP contribution in [0.2, 0.25) is 0 Å². The summed E-state index contributed by atoms with van der Waals surface area (Å²) < 4.78 is 20.7. The van der Waals surface area contributed by atoms with Crippen molar-refractivity contribution in [2.45, 2.75) is 52.7 Å². The van der Waals surface area contributed by atoms with Gasteiger partial charge in [-0.2, -0.15) is 4.98 Å². The van der Waals surface area contributed by atoms with Gasteiger partial charge in [0.15, 0.2) is 0 Å². The highest BCUT2D eigenvalue weighted by atomic mass is 16.6. The maximum atomic E-state index is 13.6. The molecule has 0 aliphatic carbocycles. The lowest BCUT2D eigenvalue weighted by Crippen LogP contribution is -2.23. The summed E-state index contributed by atoms with van der Waals surface area (Å²) in [4.78, 5) is 30.6. The smallest absolute Gasteiger partial charge is 0.338 e. The Morgan fingerprint density at radius 3 is 2.32 bits per heavy atom. The van der Waals surface area contributed by atoms with Crippen molar-refractivity contribution in [3.05, 3.63) is 107 Å². The van der Waals surface area contributed by atoms with Gasteiger partial charge in [-0.1, -0.05) is 43.7 Å². The highest BCUT2D eigenvalue weighted by molar-refractivity contribution is 5.90. The van der Waals surface area contributed by atoms with Gasteiger partial charge in [-0.05, 0) is 81.3 Å². The Hall–Kier alpha value is -5.05. The molecule has 0 radical (unpaired) electrons. The number of carbonyl (C=O) groups excluding carboxylic acids is 1. The standard InChI is InChI=1S/C35H38N4O5/c1-6-7-21-42-32-29(19-20-31(37-32)43-23-24-11-9-8-10-12-24)39-28-18-17-27(22-30(28)38(5)34(39)41)36-26-15-13-25(14-16-26)33(40)44-35(2,3)4/h8-20,22,36H,6-7,21,23H2,1-5H3. The number of benzene rings is 3. The summed E-state index contributed by atoms with van der Waals surface area (Å²) in [7, 11) is 1.74. The fourth-order valence-electron chi connectivity index (χ4n) is 4.66. The van der Waals surface area contributed by atoms with Crippen LogP contribution in [0.3, 0.4) is 0 Å².